The quantitative estimate of drug-likeness (QED) is 0.322. The summed E-state index contributed by atoms with van der Waals surface area (Å²) in [6.07, 6.45) is 1.95. The maximum Gasteiger partial charge on any atom is 0.191 e. The predicted octanol–water partition coefficient (Wildman–Crippen LogP) is 3.62. The summed E-state index contributed by atoms with van der Waals surface area (Å²) in [7, 11) is 2.17. The van der Waals surface area contributed by atoms with Crippen LogP contribution in [0, 0.1) is 6.92 Å². The highest BCUT2D eigenvalue weighted by Crippen LogP contribution is 2.16. The fraction of sp³-hybridized carbons (Fsp3) is 0.500. The van der Waals surface area contributed by atoms with E-state index in [2.05, 4.69) is 89.6 Å². The topological polar surface area (TPSA) is 55.8 Å². The molecule has 0 amide bonds. The van der Waals surface area contributed by atoms with Crippen molar-refractivity contribution >= 4 is 35.8 Å². The fourth-order valence-corrected chi connectivity index (χ4v) is 3.59. The molecule has 170 valence electrons. The lowest BCUT2D eigenvalue weighted by Crippen LogP contribution is -2.44. The zero-order valence-electron chi connectivity index (χ0n) is 19.3. The second-order valence-corrected chi connectivity index (χ2v) is 8.21. The van der Waals surface area contributed by atoms with Gasteiger partial charge in [0.15, 0.2) is 5.96 Å². The summed E-state index contributed by atoms with van der Waals surface area (Å²) in [4.78, 5) is 14.1. The number of pyridine rings is 1. The van der Waals surface area contributed by atoms with Crippen molar-refractivity contribution < 1.29 is 0 Å². The second kappa shape index (κ2) is 12.9. The van der Waals surface area contributed by atoms with Gasteiger partial charge >= 0.3 is 0 Å². The van der Waals surface area contributed by atoms with Gasteiger partial charge < -0.3 is 20.4 Å². The molecule has 6 nitrogen and oxygen atoms in total. The average molecular weight is 537 g/mol. The lowest BCUT2D eigenvalue weighted by Gasteiger charge is -2.33. The standard InChI is InChI=1S/C24H36N6.HI/c1-5-25-24(27-16-20(3)22-8-6-7-19(2)15-22)28-18-21-9-10-23(26-17-21)30-13-11-29(4)12-14-30;/h6-10,15,17,20H,5,11-14,16,18H2,1-4H3,(H2,25,27,28);1H. The van der Waals surface area contributed by atoms with Gasteiger partial charge in [0.1, 0.15) is 5.82 Å². The molecule has 1 unspecified atom stereocenters. The van der Waals surface area contributed by atoms with Gasteiger partial charge in [-0.3, -0.25) is 0 Å². The van der Waals surface area contributed by atoms with Crippen LogP contribution in [0.3, 0.4) is 0 Å². The Morgan fingerprint density at radius 1 is 1.13 bits per heavy atom. The maximum atomic E-state index is 4.75. The maximum absolute atomic E-state index is 4.75. The first-order valence-corrected chi connectivity index (χ1v) is 11.0. The molecular weight excluding hydrogens is 499 g/mol. The van der Waals surface area contributed by atoms with Crippen LogP contribution < -0.4 is 15.5 Å². The molecule has 0 radical (unpaired) electrons. The molecule has 1 aliphatic rings. The zero-order valence-corrected chi connectivity index (χ0v) is 21.6. The smallest absolute Gasteiger partial charge is 0.191 e. The normalized spacial score (nSPS) is 15.9. The summed E-state index contributed by atoms with van der Waals surface area (Å²) in [5, 5.41) is 6.83. The number of likely N-dealkylation sites (N-methyl/N-ethyl adjacent to an activating group) is 1. The van der Waals surface area contributed by atoms with E-state index >= 15 is 0 Å². The molecule has 1 atom stereocenters. The third-order valence-electron chi connectivity index (χ3n) is 5.59. The van der Waals surface area contributed by atoms with Crippen LogP contribution in [0.5, 0.6) is 0 Å². The Hall–Kier alpha value is -1.87. The Bertz CT molecular complexity index is 815. The number of piperazine rings is 1. The van der Waals surface area contributed by atoms with Crippen LogP contribution in [-0.4, -0.2) is 62.2 Å². The van der Waals surface area contributed by atoms with Crippen LogP contribution in [0.15, 0.2) is 47.6 Å². The minimum atomic E-state index is 0. The van der Waals surface area contributed by atoms with Crippen molar-refractivity contribution in [2.45, 2.75) is 33.2 Å². The van der Waals surface area contributed by atoms with E-state index in [1.807, 2.05) is 6.20 Å². The van der Waals surface area contributed by atoms with E-state index in [-0.39, 0.29) is 24.0 Å². The molecule has 2 heterocycles. The third kappa shape index (κ3) is 7.96. The van der Waals surface area contributed by atoms with Gasteiger partial charge in [-0.15, -0.1) is 24.0 Å². The summed E-state index contributed by atoms with van der Waals surface area (Å²) in [5.74, 6) is 2.33. The Labute approximate surface area is 204 Å². The summed E-state index contributed by atoms with van der Waals surface area (Å²) < 4.78 is 0. The van der Waals surface area contributed by atoms with Crippen molar-refractivity contribution in [1.82, 2.24) is 20.5 Å². The van der Waals surface area contributed by atoms with Crippen molar-refractivity contribution in [2.75, 3.05) is 51.2 Å². The van der Waals surface area contributed by atoms with E-state index in [1.54, 1.807) is 0 Å². The van der Waals surface area contributed by atoms with Crippen LogP contribution in [0.1, 0.15) is 36.5 Å². The number of nitrogens with zero attached hydrogens (tertiary/aromatic N) is 4. The lowest BCUT2D eigenvalue weighted by molar-refractivity contribution is 0.312. The van der Waals surface area contributed by atoms with Crippen molar-refractivity contribution in [3.63, 3.8) is 0 Å². The van der Waals surface area contributed by atoms with Crippen molar-refractivity contribution in [3.05, 3.63) is 59.3 Å². The van der Waals surface area contributed by atoms with E-state index in [0.717, 1.165) is 56.6 Å². The molecule has 0 spiro atoms. The highest BCUT2D eigenvalue weighted by Gasteiger charge is 2.15. The molecule has 31 heavy (non-hydrogen) atoms. The Balaban J connectivity index is 0.00000341. The van der Waals surface area contributed by atoms with Crippen LogP contribution >= 0.6 is 24.0 Å². The summed E-state index contributed by atoms with van der Waals surface area (Å²) in [6.45, 7) is 13.0. The van der Waals surface area contributed by atoms with Gasteiger partial charge in [0.25, 0.3) is 0 Å². The van der Waals surface area contributed by atoms with Gasteiger partial charge in [-0.25, -0.2) is 9.98 Å². The Kier molecular flexibility index (Phi) is 10.5. The second-order valence-electron chi connectivity index (χ2n) is 8.21. The van der Waals surface area contributed by atoms with Crippen molar-refractivity contribution in [3.8, 4) is 0 Å². The van der Waals surface area contributed by atoms with Gasteiger partial charge in [0.05, 0.1) is 6.54 Å². The monoisotopic (exact) mass is 536 g/mol. The molecule has 0 aliphatic carbocycles. The number of hydrogen-bond donors (Lipinski definition) is 2. The first-order valence-electron chi connectivity index (χ1n) is 11.0. The molecule has 0 bridgehead atoms. The molecular formula is C24H37IN6. The number of rotatable bonds is 7. The minimum absolute atomic E-state index is 0. The zero-order chi connectivity index (χ0) is 21.3. The number of guanidine groups is 1. The first kappa shape index (κ1) is 25.4. The van der Waals surface area contributed by atoms with E-state index in [4.69, 9.17) is 4.99 Å². The van der Waals surface area contributed by atoms with Crippen LogP contribution in [-0.2, 0) is 6.54 Å². The third-order valence-corrected chi connectivity index (χ3v) is 5.59. The van der Waals surface area contributed by atoms with E-state index in [0.29, 0.717) is 12.5 Å². The molecule has 1 aromatic heterocycles. The Morgan fingerprint density at radius 3 is 2.55 bits per heavy atom. The number of hydrogen-bond acceptors (Lipinski definition) is 4. The molecule has 7 heteroatoms. The minimum Gasteiger partial charge on any atom is -0.357 e. The van der Waals surface area contributed by atoms with Gasteiger partial charge in [-0.1, -0.05) is 42.8 Å². The molecule has 3 rings (SSSR count). The number of nitrogens with one attached hydrogen (secondary N) is 2. The number of benzene rings is 1. The van der Waals surface area contributed by atoms with E-state index in [1.165, 1.54) is 11.1 Å². The van der Waals surface area contributed by atoms with Crippen LogP contribution in [0.25, 0.3) is 0 Å². The average Bonchev–Trinajstić information content (AvgIpc) is 2.76. The van der Waals surface area contributed by atoms with E-state index < -0.39 is 0 Å². The van der Waals surface area contributed by atoms with E-state index in [9.17, 15) is 0 Å². The number of aryl methyl sites for hydroxylation is 1. The molecule has 1 aromatic carbocycles. The van der Waals surface area contributed by atoms with Crippen molar-refractivity contribution in [2.24, 2.45) is 4.99 Å². The first-order chi connectivity index (χ1) is 14.5. The summed E-state index contributed by atoms with van der Waals surface area (Å²) in [5.41, 5.74) is 3.77. The molecule has 0 saturated carbocycles. The lowest BCUT2D eigenvalue weighted by atomic mass is 9.99. The van der Waals surface area contributed by atoms with Gasteiger partial charge in [0, 0.05) is 45.5 Å². The highest BCUT2D eigenvalue weighted by molar-refractivity contribution is 14.0. The van der Waals surface area contributed by atoms with Gasteiger partial charge in [0.2, 0.25) is 0 Å². The summed E-state index contributed by atoms with van der Waals surface area (Å²) in [6, 6.07) is 13.0. The molecule has 2 N–H and O–H groups in total. The summed E-state index contributed by atoms with van der Waals surface area (Å²) >= 11 is 0. The SMILES string of the molecule is CCNC(=NCc1ccc(N2CCN(C)CC2)nc1)NCC(C)c1cccc(C)c1.I. The van der Waals surface area contributed by atoms with Crippen LogP contribution in [0.4, 0.5) is 5.82 Å². The molecule has 1 fully saturated rings. The number of anilines is 1. The largest absolute Gasteiger partial charge is 0.357 e. The fourth-order valence-electron chi connectivity index (χ4n) is 3.59. The molecule has 1 aliphatic heterocycles. The molecule has 1 saturated heterocycles. The van der Waals surface area contributed by atoms with Crippen molar-refractivity contribution in [1.29, 1.82) is 0 Å². The number of aliphatic imine (C=N–C) groups is 1. The molecule has 2 aromatic rings. The Morgan fingerprint density at radius 2 is 1.90 bits per heavy atom. The van der Waals surface area contributed by atoms with Gasteiger partial charge in [-0.05, 0) is 44.0 Å². The number of halogens is 1. The predicted molar refractivity (Wildman–Crippen MR) is 142 cm³/mol. The highest BCUT2D eigenvalue weighted by atomic mass is 127. The number of aromatic nitrogens is 1. The van der Waals surface area contributed by atoms with Crippen LogP contribution in [0.2, 0.25) is 0 Å². The van der Waals surface area contributed by atoms with Gasteiger partial charge in [-0.2, -0.15) is 0 Å².